The summed E-state index contributed by atoms with van der Waals surface area (Å²) >= 11 is 0. The molecule has 0 bridgehead atoms. The first kappa shape index (κ1) is 23.7. The summed E-state index contributed by atoms with van der Waals surface area (Å²) in [5, 5.41) is 10.3. The Labute approximate surface area is 194 Å². The quantitative estimate of drug-likeness (QED) is 0.366. The number of aryl methyl sites for hydroxylation is 2. The van der Waals surface area contributed by atoms with Crippen LogP contribution in [0.5, 0.6) is 0 Å². The minimum Gasteiger partial charge on any atom is -0.357 e. The highest BCUT2D eigenvalue weighted by atomic mass is 19.4. The SMILES string of the molecule is CNc1ncc2cc(-c3cc(NC(=O)Nc4cc(C(F)(F)F)no4)c(F)cc3C)c(=O)n(C)c2n1. The Kier molecular flexibility index (Phi) is 5.88. The van der Waals surface area contributed by atoms with Gasteiger partial charge < -0.3 is 15.2 Å². The molecule has 0 fully saturated rings. The fourth-order valence-electron chi connectivity index (χ4n) is 3.35. The van der Waals surface area contributed by atoms with Gasteiger partial charge in [0.1, 0.15) is 11.5 Å². The molecule has 10 nitrogen and oxygen atoms in total. The number of carbonyl (C=O) groups is 1. The van der Waals surface area contributed by atoms with Gasteiger partial charge in [-0.25, -0.2) is 14.2 Å². The summed E-state index contributed by atoms with van der Waals surface area (Å²) in [4.78, 5) is 33.7. The maximum Gasteiger partial charge on any atom is 0.436 e. The third kappa shape index (κ3) is 4.62. The second-order valence-corrected chi connectivity index (χ2v) is 7.45. The van der Waals surface area contributed by atoms with Crippen LogP contribution >= 0.6 is 0 Å². The second-order valence-electron chi connectivity index (χ2n) is 7.45. The van der Waals surface area contributed by atoms with Crippen LogP contribution in [-0.2, 0) is 13.2 Å². The van der Waals surface area contributed by atoms with Crippen LogP contribution in [0.15, 0.2) is 39.8 Å². The van der Waals surface area contributed by atoms with E-state index in [0.717, 1.165) is 6.07 Å². The number of hydrogen-bond donors (Lipinski definition) is 3. The van der Waals surface area contributed by atoms with Crippen LogP contribution in [0.25, 0.3) is 22.2 Å². The number of hydrogen-bond acceptors (Lipinski definition) is 7. The van der Waals surface area contributed by atoms with Gasteiger partial charge in [0.15, 0.2) is 5.69 Å². The van der Waals surface area contributed by atoms with E-state index in [1.807, 2.05) is 5.32 Å². The lowest BCUT2D eigenvalue weighted by Crippen LogP contribution is -2.21. The Balaban J connectivity index is 1.67. The molecule has 4 aromatic rings. The van der Waals surface area contributed by atoms with Crippen LogP contribution in [0.1, 0.15) is 11.3 Å². The molecule has 0 saturated heterocycles. The molecule has 1 aromatic carbocycles. The molecule has 0 aliphatic heterocycles. The molecule has 3 heterocycles. The van der Waals surface area contributed by atoms with Crippen molar-refractivity contribution in [2.24, 2.45) is 7.05 Å². The molecule has 182 valence electrons. The van der Waals surface area contributed by atoms with Crippen molar-refractivity contribution in [3.8, 4) is 11.1 Å². The molecule has 0 saturated carbocycles. The predicted octanol–water partition coefficient (Wildman–Crippen LogP) is 4.14. The second kappa shape index (κ2) is 8.70. The fraction of sp³-hybridized carbons (Fsp3) is 0.190. The topological polar surface area (TPSA) is 127 Å². The lowest BCUT2D eigenvalue weighted by Gasteiger charge is -2.13. The molecule has 14 heteroatoms. The zero-order chi connectivity index (χ0) is 25.5. The number of nitrogens with zero attached hydrogens (tertiary/aromatic N) is 4. The first-order valence-corrected chi connectivity index (χ1v) is 9.95. The monoisotopic (exact) mass is 491 g/mol. The van der Waals surface area contributed by atoms with Gasteiger partial charge in [0.2, 0.25) is 11.8 Å². The van der Waals surface area contributed by atoms with Crippen molar-refractivity contribution in [1.29, 1.82) is 0 Å². The summed E-state index contributed by atoms with van der Waals surface area (Å²) in [5.74, 6) is -1.09. The van der Waals surface area contributed by atoms with Crippen molar-refractivity contribution < 1.29 is 26.9 Å². The van der Waals surface area contributed by atoms with Gasteiger partial charge in [0, 0.05) is 37.3 Å². The zero-order valence-corrected chi connectivity index (χ0v) is 18.4. The van der Waals surface area contributed by atoms with Crippen molar-refractivity contribution in [2.45, 2.75) is 13.1 Å². The van der Waals surface area contributed by atoms with E-state index in [9.17, 15) is 27.2 Å². The minimum atomic E-state index is -4.76. The highest BCUT2D eigenvalue weighted by Gasteiger charge is 2.35. The number of halogens is 4. The third-order valence-electron chi connectivity index (χ3n) is 5.06. The summed E-state index contributed by atoms with van der Waals surface area (Å²) < 4.78 is 58.3. The summed E-state index contributed by atoms with van der Waals surface area (Å²) in [6.07, 6.45) is -3.24. The zero-order valence-electron chi connectivity index (χ0n) is 18.4. The van der Waals surface area contributed by atoms with Gasteiger partial charge in [0.05, 0.1) is 5.69 Å². The normalized spacial score (nSPS) is 11.5. The molecule has 0 aliphatic carbocycles. The molecule has 4 rings (SSSR count). The van der Waals surface area contributed by atoms with Crippen molar-refractivity contribution in [3.05, 3.63) is 57.9 Å². The van der Waals surface area contributed by atoms with Crippen molar-refractivity contribution in [3.63, 3.8) is 0 Å². The smallest absolute Gasteiger partial charge is 0.357 e. The number of pyridine rings is 1. The number of nitrogens with one attached hydrogen (secondary N) is 3. The van der Waals surface area contributed by atoms with Crippen LogP contribution in [-0.4, -0.2) is 32.8 Å². The van der Waals surface area contributed by atoms with Crippen molar-refractivity contribution >= 4 is 34.6 Å². The summed E-state index contributed by atoms with van der Waals surface area (Å²) in [6.45, 7) is 1.58. The van der Waals surface area contributed by atoms with E-state index in [2.05, 4.69) is 30.3 Å². The number of carbonyl (C=O) groups excluding carboxylic acids is 1. The molecule has 0 atom stereocenters. The maximum absolute atomic E-state index is 14.6. The molecule has 35 heavy (non-hydrogen) atoms. The Hall–Kier alpha value is -4.49. The van der Waals surface area contributed by atoms with Crippen LogP contribution in [0, 0.1) is 12.7 Å². The molecular weight excluding hydrogens is 474 g/mol. The summed E-state index contributed by atoms with van der Waals surface area (Å²) in [6, 6.07) is 3.32. The van der Waals surface area contributed by atoms with E-state index in [1.165, 1.54) is 23.9 Å². The minimum absolute atomic E-state index is 0.201. The van der Waals surface area contributed by atoms with Crippen LogP contribution < -0.4 is 21.5 Å². The van der Waals surface area contributed by atoms with Crippen LogP contribution in [0.4, 0.5) is 39.9 Å². The lowest BCUT2D eigenvalue weighted by molar-refractivity contribution is -0.142. The lowest BCUT2D eigenvalue weighted by atomic mass is 9.99. The van der Waals surface area contributed by atoms with Gasteiger partial charge >= 0.3 is 12.2 Å². The van der Waals surface area contributed by atoms with E-state index < -0.39 is 35.2 Å². The third-order valence-corrected chi connectivity index (χ3v) is 5.06. The molecule has 3 N–H and O–H groups in total. The first-order valence-electron chi connectivity index (χ1n) is 9.95. The Bertz CT molecular complexity index is 1510. The molecule has 0 aliphatic rings. The number of alkyl halides is 3. The van der Waals surface area contributed by atoms with Gasteiger partial charge in [-0.2, -0.15) is 18.2 Å². The molecule has 3 aromatic heterocycles. The Morgan fingerprint density at radius 2 is 1.86 bits per heavy atom. The number of fused-ring (bicyclic) bond motifs is 1. The standard InChI is InChI=1S/C21H17F4N7O3/c1-9-4-13(22)14(28-20(34)29-16-7-15(31-35-16)21(23,24)25)6-11(9)12-5-10-8-27-19(26-2)30-17(10)32(3)18(12)33/h4-8H,1-3H3,(H,26,27,30)(H2,28,29,34). The Morgan fingerprint density at radius 3 is 2.51 bits per heavy atom. The van der Waals surface area contributed by atoms with E-state index in [-0.39, 0.29) is 11.3 Å². The number of amides is 2. The number of aromatic nitrogens is 4. The van der Waals surface area contributed by atoms with Gasteiger partial charge in [-0.1, -0.05) is 5.16 Å². The number of urea groups is 1. The molecule has 0 unspecified atom stereocenters. The largest absolute Gasteiger partial charge is 0.436 e. The molecule has 0 spiro atoms. The van der Waals surface area contributed by atoms with Crippen molar-refractivity contribution in [1.82, 2.24) is 19.7 Å². The number of benzene rings is 1. The van der Waals surface area contributed by atoms with E-state index in [4.69, 9.17) is 0 Å². The first-order chi connectivity index (χ1) is 16.5. The average molecular weight is 491 g/mol. The van der Waals surface area contributed by atoms with Crippen LogP contribution in [0.2, 0.25) is 0 Å². The molecular formula is C21H17F4N7O3. The number of rotatable bonds is 4. The highest BCUT2D eigenvalue weighted by molar-refractivity contribution is 5.99. The fourth-order valence-corrected chi connectivity index (χ4v) is 3.35. The summed E-state index contributed by atoms with van der Waals surface area (Å²) in [5.41, 5.74) is -0.779. The highest BCUT2D eigenvalue weighted by Crippen LogP contribution is 2.31. The molecule has 2 amide bonds. The van der Waals surface area contributed by atoms with Crippen molar-refractivity contribution in [2.75, 3.05) is 23.0 Å². The number of anilines is 3. The predicted molar refractivity (Wildman–Crippen MR) is 119 cm³/mol. The van der Waals surface area contributed by atoms with E-state index >= 15 is 0 Å². The average Bonchev–Trinajstić information content (AvgIpc) is 3.27. The summed E-state index contributed by atoms with van der Waals surface area (Å²) in [7, 11) is 3.16. The van der Waals surface area contributed by atoms with E-state index in [0.29, 0.717) is 34.2 Å². The van der Waals surface area contributed by atoms with Gasteiger partial charge in [-0.3, -0.25) is 14.7 Å². The van der Waals surface area contributed by atoms with Crippen LogP contribution in [0.3, 0.4) is 0 Å². The van der Waals surface area contributed by atoms with E-state index in [1.54, 1.807) is 20.0 Å². The Morgan fingerprint density at radius 1 is 1.11 bits per heavy atom. The maximum atomic E-state index is 14.6. The van der Waals surface area contributed by atoms with Gasteiger partial charge in [-0.05, 0) is 36.2 Å². The van der Waals surface area contributed by atoms with Gasteiger partial charge in [-0.15, -0.1) is 0 Å². The van der Waals surface area contributed by atoms with Gasteiger partial charge in [0.25, 0.3) is 5.56 Å². The molecule has 0 radical (unpaired) electrons.